The molecule has 0 aliphatic carbocycles. The molecule has 8 nitrogen and oxygen atoms in total. The van der Waals surface area contributed by atoms with E-state index in [9.17, 15) is 9.18 Å². The number of aromatic nitrogens is 4. The number of nitrogens with one attached hydrogen (secondary N) is 2. The number of fused-ring (bicyclic) bond motifs is 2. The second kappa shape index (κ2) is 9.32. The van der Waals surface area contributed by atoms with Crippen LogP contribution in [0.25, 0.3) is 56.0 Å². The fraction of sp³-hybridized carbons (Fsp3) is 0.103. The largest absolute Gasteiger partial charge is 0.455 e. The molecule has 0 bridgehead atoms. The first-order valence-corrected chi connectivity index (χ1v) is 12.1. The smallest absolute Gasteiger partial charge is 0.255 e. The number of H-pyrrole nitrogens is 1. The van der Waals surface area contributed by atoms with Crippen LogP contribution in [0.2, 0.25) is 0 Å². The number of amides is 1. The van der Waals surface area contributed by atoms with Gasteiger partial charge in [0.15, 0.2) is 5.65 Å². The molecule has 3 aromatic carbocycles. The van der Waals surface area contributed by atoms with Gasteiger partial charge in [0, 0.05) is 49.4 Å². The summed E-state index contributed by atoms with van der Waals surface area (Å²) in [6.45, 7) is 0. The zero-order valence-electron chi connectivity index (χ0n) is 21.2. The van der Waals surface area contributed by atoms with Crippen molar-refractivity contribution in [3.8, 4) is 33.8 Å². The number of halogens is 2. The minimum absolute atomic E-state index is 0.265. The fourth-order valence-corrected chi connectivity index (χ4v) is 4.65. The van der Waals surface area contributed by atoms with Crippen molar-refractivity contribution in [1.29, 1.82) is 0 Å². The molecule has 10 heteroatoms. The number of rotatable bonds is 5. The van der Waals surface area contributed by atoms with Crippen LogP contribution >= 0.6 is 0 Å². The van der Waals surface area contributed by atoms with Crippen LogP contribution in [0, 0.1) is 11.6 Å². The summed E-state index contributed by atoms with van der Waals surface area (Å²) in [7, 11) is 5.31. The van der Waals surface area contributed by atoms with Crippen LogP contribution in [0.3, 0.4) is 0 Å². The first-order chi connectivity index (χ1) is 18.8. The lowest BCUT2D eigenvalue weighted by Crippen LogP contribution is -2.18. The monoisotopic (exact) mass is 524 g/mol. The Balaban J connectivity index is 1.58. The molecule has 1 amide bonds. The van der Waals surface area contributed by atoms with Crippen LogP contribution in [-0.4, -0.2) is 47.0 Å². The number of aromatic amines is 1. The number of carbonyl (C=O) groups is 1. The Morgan fingerprint density at radius 1 is 1.00 bits per heavy atom. The lowest BCUT2D eigenvalue weighted by molar-refractivity contribution is 0.0964. The van der Waals surface area contributed by atoms with Crippen molar-refractivity contribution >= 4 is 33.7 Å². The molecule has 0 fully saturated rings. The van der Waals surface area contributed by atoms with Gasteiger partial charge in [0.2, 0.25) is 0 Å². The highest BCUT2D eigenvalue weighted by atomic mass is 19.1. The van der Waals surface area contributed by atoms with E-state index in [0.29, 0.717) is 50.4 Å². The van der Waals surface area contributed by atoms with Gasteiger partial charge in [-0.25, -0.2) is 23.7 Å². The van der Waals surface area contributed by atoms with Crippen molar-refractivity contribution in [2.45, 2.75) is 0 Å². The van der Waals surface area contributed by atoms with Crippen LogP contribution in [0.15, 0.2) is 71.5 Å². The third-order valence-corrected chi connectivity index (χ3v) is 6.54. The highest BCUT2D eigenvalue weighted by Crippen LogP contribution is 2.41. The Hall–Kier alpha value is -5.12. The molecule has 0 aliphatic heterocycles. The summed E-state index contributed by atoms with van der Waals surface area (Å²) in [5.41, 5.74) is 4.91. The van der Waals surface area contributed by atoms with Crippen LogP contribution in [0.5, 0.6) is 0 Å². The summed E-state index contributed by atoms with van der Waals surface area (Å²) in [6, 6.07) is 14.2. The minimum Gasteiger partial charge on any atom is -0.455 e. The first kappa shape index (κ1) is 24.2. The molecule has 0 saturated carbocycles. The maximum Gasteiger partial charge on any atom is 0.255 e. The number of carbonyl (C=O) groups excluding carboxylic acids is 1. The Kier molecular flexibility index (Phi) is 5.79. The summed E-state index contributed by atoms with van der Waals surface area (Å²) in [6.07, 6.45) is 2.96. The predicted molar refractivity (Wildman–Crippen MR) is 145 cm³/mol. The Morgan fingerprint density at radius 2 is 1.77 bits per heavy atom. The summed E-state index contributed by atoms with van der Waals surface area (Å²) in [4.78, 5) is 30.6. The van der Waals surface area contributed by atoms with Gasteiger partial charge >= 0.3 is 0 Å². The molecule has 3 heterocycles. The maximum absolute atomic E-state index is 15.0. The van der Waals surface area contributed by atoms with E-state index in [1.165, 1.54) is 31.6 Å². The molecule has 0 spiro atoms. The molecule has 6 aromatic rings. The van der Waals surface area contributed by atoms with Crippen LogP contribution in [0.4, 0.5) is 14.5 Å². The summed E-state index contributed by atoms with van der Waals surface area (Å²) < 4.78 is 34.8. The van der Waals surface area contributed by atoms with Crippen molar-refractivity contribution in [2.24, 2.45) is 0 Å². The lowest BCUT2D eigenvalue weighted by atomic mass is 9.96. The normalized spacial score (nSPS) is 11.3. The Morgan fingerprint density at radius 3 is 2.49 bits per heavy atom. The molecule has 0 saturated heterocycles. The highest BCUT2D eigenvalue weighted by Gasteiger charge is 2.24. The van der Waals surface area contributed by atoms with Gasteiger partial charge in [-0.15, -0.1) is 0 Å². The molecule has 39 heavy (non-hydrogen) atoms. The van der Waals surface area contributed by atoms with E-state index in [1.807, 2.05) is 31.1 Å². The topological polar surface area (TPSA) is 99.9 Å². The van der Waals surface area contributed by atoms with Gasteiger partial charge in [-0.3, -0.25) is 4.79 Å². The van der Waals surface area contributed by atoms with Crippen LogP contribution in [-0.2, 0) is 0 Å². The number of benzene rings is 3. The molecular formula is C29H22F2N6O2. The number of furan rings is 1. The van der Waals surface area contributed by atoms with Crippen molar-refractivity contribution in [3.63, 3.8) is 0 Å². The molecule has 3 aromatic heterocycles. The minimum atomic E-state index is -0.453. The number of nitrogens with zero attached hydrogens (tertiary/aromatic N) is 4. The second-order valence-electron chi connectivity index (χ2n) is 9.19. The average Bonchev–Trinajstić information content (AvgIpc) is 3.54. The van der Waals surface area contributed by atoms with E-state index in [0.717, 1.165) is 11.3 Å². The van der Waals surface area contributed by atoms with Gasteiger partial charge in [0.05, 0.1) is 17.3 Å². The molecule has 194 valence electrons. The predicted octanol–water partition coefficient (Wildman–Crippen LogP) is 5.80. The summed E-state index contributed by atoms with van der Waals surface area (Å²) in [5, 5.41) is 3.24. The zero-order chi connectivity index (χ0) is 27.3. The molecule has 0 aliphatic rings. The summed E-state index contributed by atoms with van der Waals surface area (Å²) >= 11 is 0. The van der Waals surface area contributed by atoms with Crippen molar-refractivity contribution in [3.05, 3.63) is 84.3 Å². The van der Waals surface area contributed by atoms with Gasteiger partial charge in [0.1, 0.15) is 40.6 Å². The lowest BCUT2D eigenvalue weighted by Gasteiger charge is -2.18. The number of hydrogen-bond donors (Lipinski definition) is 2. The number of anilines is 1. The van der Waals surface area contributed by atoms with Gasteiger partial charge in [-0.05, 0) is 48.0 Å². The van der Waals surface area contributed by atoms with Gasteiger partial charge in [0.25, 0.3) is 5.91 Å². The van der Waals surface area contributed by atoms with E-state index in [-0.39, 0.29) is 11.5 Å². The first-order valence-electron chi connectivity index (χ1n) is 12.1. The quantitative estimate of drug-likeness (QED) is 0.296. The van der Waals surface area contributed by atoms with E-state index < -0.39 is 11.6 Å². The zero-order valence-corrected chi connectivity index (χ0v) is 21.2. The van der Waals surface area contributed by atoms with Crippen molar-refractivity contribution < 1.29 is 18.0 Å². The molecule has 6 rings (SSSR count). The van der Waals surface area contributed by atoms with E-state index in [2.05, 4.69) is 25.3 Å². The maximum atomic E-state index is 15.0. The molecule has 0 atom stereocenters. The molecular weight excluding hydrogens is 502 g/mol. The van der Waals surface area contributed by atoms with E-state index in [1.54, 1.807) is 30.5 Å². The third kappa shape index (κ3) is 4.15. The van der Waals surface area contributed by atoms with Gasteiger partial charge < -0.3 is 19.6 Å². The second-order valence-corrected chi connectivity index (χ2v) is 9.19. The SMILES string of the molecule is CNC(=O)c1c(-c2ccc(F)cc2)oc2cc(N(C)C)c(-c3ccc(F)c(-c4nc5ncncc5[nH]4)c3)cc12. The van der Waals surface area contributed by atoms with Gasteiger partial charge in [-0.2, -0.15) is 0 Å². The summed E-state index contributed by atoms with van der Waals surface area (Å²) in [5.74, 6) is -0.539. The van der Waals surface area contributed by atoms with Crippen LogP contribution in [0.1, 0.15) is 10.4 Å². The third-order valence-electron chi connectivity index (χ3n) is 6.54. The Bertz CT molecular complexity index is 1840. The average molecular weight is 525 g/mol. The van der Waals surface area contributed by atoms with E-state index >= 15 is 4.39 Å². The van der Waals surface area contributed by atoms with Gasteiger partial charge in [-0.1, -0.05) is 6.07 Å². The standard InChI is InChI=1S/C29H22F2N6O2/c1-32-29(38)25-20-11-18(23(37(2)3)12-24(20)39-26(25)15-4-7-17(30)8-5-15)16-6-9-21(31)19(10-16)27-35-22-13-33-14-34-28(22)36-27/h4-14H,1-3H3,(H,32,38)(H,33,34,35,36). The molecule has 0 radical (unpaired) electrons. The molecule has 2 N–H and O–H groups in total. The van der Waals surface area contributed by atoms with Crippen molar-refractivity contribution in [2.75, 3.05) is 26.0 Å². The Labute approximate surface area is 221 Å². The number of hydrogen-bond acceptors (Lipinski definition) is 6. The molecule has 0 unspecified atom stereocenters. The number of imidazole rings is 1. The fourth-order valence-electron chi connectivity index (χ4n) is 4.65. The van der Waals surface area contributed by atoms with Crippen LogP contribution < -0.4 is 10.2 Å². The van der Waals surface area contributed by atoms with Crippen molar-refractivity contribution in [1.82, 2.24) is 25.3 Å². The van der Waals surface area contributed by atoms with E-state index in [4.69, 9.17) is 4.42 Å². The highest BCUT2D eigenvalue weighted by molar-refractivity contribution is 6.13.